The summed E-state index contributed by atoms with van der Waals surface area (Å²) in [6.07, 6.45) is 0. The average Bonchev–Trinajstić information content (AvgIpc) is 2.47. The van der Waals surface area contributed by atoms with Crippen molar-refractivity contribution in [1.82, 2.24) is 5.32 Å². The van der Waals surface area contributed by atoms with Gasteiger partial charge in [0.05, 0.1) is 6.61 Å². The first-order chi connectivity index (χ1) is 9.79. The Kier molecular flexibility index (Phi) is 6.05. The smallest absolute Gasteiger partial charge is 0.137 e. The van der Waals surface area contributed by atoms with Crippen LogP contribution in [-0.2, 0) is 11.3 Å². The molecule has 2 aromatic carbocycles. The van der Waals surface area contributed by atoms with Crippen molar-refractivity contribution >= 4 is 11.8 Å². The van der Waals surface area contributed by atoms with Gasteiger partial charge in [0.2, 0.25) is 0 Å². The predicted octanol–water partition coefficient (Wildman–Crippen LogP) is 3.71. The van der Waals surface area contributed by atoms with E-state index >= 15 is 0 Å². The molecule has 0 saturated heterocycles. The van der Waals surface area contributed by atoms with Gasteiger partial charge in [-0.1, -0.05) is 36.0 Å². The summed E-state index contributed by atoms with van der Waals surface area (Å²) in [7, 11) is 1.66. The molecule has 0 saturated carbocycles. The number of halogens is 1. The lowest BCUT2D eigenvalue weighted by Crippen LogP contribution is -2.18. The Morgan fingerprint density at radius 2 is 1.95 bits per heavy atom. The summed E-state index contributed by atoms with van der Waals surface area (Å²) in [6.45, 7) is 2.07. The third-order valence-electron chi connectivity index (χ3n) is 2.78. The van der Waals surface area contributed by atoms with Gasteiger partial charge in [-0.05, 0) is 29.8 Å². The van der Waals surface area contributed by atoms with Crippen molar-refractivity contribution in [3.05, 3.63) is 59.9 Å². The highest BCUT2D eigenvalue weighted by Gasteiger charge is 2.05. The summed E-state index contributed by atoms with van der Waals surface area (Å²) in [6, 6.07) is 15.2. The van der Waals surface area contributed by atoms with Gasteiger partial charge in [-0.3, -0.25) is 0 Å². The molecule has 0 aromatic heterocycles. The van der Waals surface area contributed by atoms with Gasteiger partial charge in [-0.2, -0.15) is 0 Å². The topological polar surface area (TPSA) is 21.3 Å². The molecule has 2 aromatic rings. The summed E-state index contributed by atoms with van der Waals surface area (Å²) < 4.78 is 19.0. The molecule has 0 aliphatic rings. The predicted molar refractivity (Wildman–Crippen MR) is 80.5 cm³/mol. The van der Waals surface area contributed by atoms with E-state index in [1.165, 1.54) is 11.8 Å². The normalized spacial score (nSPS) is 10.7. The standard InChI is InChI=1S/C16H18FNOS/c1-19-10-9-18-12-13-7-8-16(15(17)11-13)20-14-5-3-2-4-6-14/h2-8,11,18H,9-10,12H2,1H3. The van der Waals surface area contributed by atoms with Crippen LogP contribution >= 0.6 is 11.8 Å². The molecule has 0 spiro atoms. The van der Waals surface area contributed by atoms with E-state index in [1.807, 2.05) is 42.5 Å². The fraction of sp³-hybridized carbons (Fsp3) is 0.250. The monoisotopic (exact) mass is 291 g/mol. The average molecular weight is 291 g/mol. The summed E-state index contributed by atoms with van der Waals surface area (Å²) >= 11 is 1.44. The molecule has 0 bridgehead atoms. The molecule has 0 radical (unpaired) electrons. The molecule has 0 amide bonds. The Labute approximate surface area is 123 Å². The highest BCUT2D eigenvalue weighted by Crippen LogP contribution is 2.29. The van der Waals surface area contributed by atoms with Crippen molar-refractivity contribution in [1.29, 1.82) is 0 Å². The van der Waals surface area contributed by atoms with Crippen molar-refractivity contribution in [2.45, 2.75) is 16.3 Å². The van der Waals surface area contributed by atoms with Crippen LogP contribution in [-0.4, -0.2) is 20.3 Å². The minimum absolute atomic E-state index is 0.176. The summed E-state index contributed by atoms with van der Waals surface area (Å²) in [4.78, 5) is 1.69. The highest BCUT2D eigenvalue weighted by molar-refractivity contribution is 7.99. The van der Waals surface area contributed by atoms with Gasteiger partial charge >= 0.3 is 0 Å². The first-order valence-electron chi connectivity index (χ1n) is 6.50. The molecule has 0 fully saturated rings. The van der Waals surface area contributed by atoms with E-state index in [-0.39, 0.29) is 5.82 Å². The molecule has 0 aliphatic heterocycles. The van der Waals surface area contributed by atoms with Crippen LogP contribution < -0.4 is 5.32 Å². The van der Waals surface area contributed by atoms with Crippen LogP contribution in [0.1, 0.15) is 5.56 Å². The Bertz CT molecular complexity index is 533. The lowest BCUT2D eigenvalue weighted by atomic mass is 10.2. The maximum Gasteiger partial charge on any atom is 0.137 e. The van der Waals surface area contributed by atoms with Crippen LogP contribution in [0.2, 0.25) is 0 Å². The van der Waals surface area contributed by atoms with E-state index in [9.17, 15) is 4.39 Å². The van der Waals surface area contributed by atoms with Crippen molar-refractivity contribution < 1.29 is 9.13 Å². The lowest BCUT2D eigenvalue weighted by Gasteiger charge is -2.07. The van der Waals surface area contributed by atoms with E-state index < -0.39 is 0 Å². The van der Waals surface area contributed by atoms with Gasteiger partial charge in [-0.25, -0.2) is 4.39 Å². The first-order valence-corrected chi connectivity index (χ1v) is 7.32. The number of rotatable bonds is 7. The minimum Gasteiger partial charge on any atom is -0.383 e. The maximum absolute atomic E-state index is 14.0. The zero-order valence-electron chi connectivity index (χ0n) is 11.4. The van der Waals surface area contributed by atoms with Crippen molar-refractivity contribution in [3.63, 3.8) is 0 Å². The Balaban J connectivity index is 1.95. The molecule has 106 valence electrons. The second-order valence-corrected chi connectivity index (χ2v) is 5.46. The fourth-order valence-electron chi connectivity index (χ4n) is 1.76. The van der Waals surface area contributed by atoms with Crippen LogP contribution in [0.3, 0.4) is 0 Å². The number of benzene rings is 2. The first kappa shape index (κ1) is 15.0. The molecule has 1 N–H and O–H groups in total. The highest BCUT2D eigenvalue weighted by atomic mass is 32.2. The Hall–Kier alpha value is -1.36. The molecule has 0 heterocycles. The van der Waals surface area contributed by atoms with Gasteiger partial charge in [0.25, 0.3) is 0 Å². The second-order valence-electron chi connectivity index (χ2n) is 4.35. The van der Waals surface area contributed by atoms with Gasteiger partial charge in [0.1, 0.15) is 5.82 Å². The van der Waals surface area contributed by atoms with E-state index in [0.29, 0.717) is 18.0 Å². The van der Waals surface area contributed by atoms with E-state index in [4.69, 9.17) is 4.74 Å². The number of hydrogen-bond donors (Lipinski definition) is 1. The minimum atomic E-state index is -0.176. The zero-order chi connectivity index (χ0) is 14.2. The van der Waals surface area contributed by atoms with Crippen LogP contribution in [0.25, 0.3) is 0 Å². The summed E-state index contributed by atoms with van der Waals surface area (Å²) in [5, 5.41) is 3.20. The number of ether oxygens (including phenoxy) is 1. The molecule has 0 atom stereocenters. The number of nitrogens with one attached hydrogen (secondary N) is 1. The van der Waals surface area contributed by atoms with Crippen molar-refractivity contribution in [3.8, 4) is 0 Å². The number of methoxy groups -OCH3 is 1. The van der Waals surface area contributed by atoms with Crippen LogP contribution in [0.5, 0.6) is 0 Å². The summed E-state index contributed by atoms with van der Waals surface area (Å²) in [5.74, 6) is -0.176. The largest absolute Gasteiger partial charge is 0.383 e. The van der Waals surface area contributed by atoms with Crippen LogP contribution in [0, 0.1) is 5.82 Å². The molecule has 20 heavy (non-hydrogen) atoms. The van der Waals surface area contributed by atoms with Gasteiger partial charge in [0.15, 0.2) is 0 Å². The SMILES string of the molecule is COCCNCc1ccc(Sc2ccccc2)c(F)c1. The third-order valence-corrected chi connectivity index (χ3v) is 3.84. The molecule has 2 nitrogen and oxygen atoms in total. The second kappa shape index (κ2) is 8.04. The Morgan fingerprint density at radius 3 is 2.65 bits per heavy atom. The Morgan fingerprint density at radius 1 is 1.15 bits per heavy atom. The summed E-state index contributed by atoms with van der Waals surface area (Å²) in [5.41, 5.74) is 0.941. The molecule has 0 aliphatic carbocycles. The van der Waals surface area contributed by atoms with Crippen molar-refractivity contribution in [2.24, 2.45) is 0 Å². The number of hydrogen-bond acceptors (Lipinski definition) is 3. The molecular weight excluding hydrogens is 273 g/mol. The lowest BCUT2D eigenvalue weighted by molar-refractivity contribution is 0.199. The quantitative estimate of drug-likeness (QED) is 0.786. The van der Waals surface area contributed by atoms with Crippen LogP contribution in [0.4, 0.5) is 4.39 Å². The third kappa shape index (κ3) is 4.63. The molecule has 2 rings (SSSR count). The van der Waals surface area contributed by atoms with E-state index in [1.54, 1.807) is 13.2 Å². The van der Waals surface area contributed by atoms with Crippen molar-refractivity contribution in [2.75, 3.05) is 20.3 Å². The van der Waals surface area contributed by atoms with Gasteiger partial charge < -0.3 is 10.1 Å². The van der Waals surface area contributed by atoms with Gasteiger partial charge in [0, 0.05) is 30.0 Å². The van der Waals surface area contributed by atoms with Gasteiger partial charge in [-0.15, -0.1) is 0 Å². The molecule has 0 unspecified atom stereocenters. The molecular formula is C16H18FNOS. The van der Waals surface area contributed by atoms with E-state index in [0.717, 1.165) is 17.0 Å². The van der Waals surface area contributed by atoms with Crippen LogP contribution in [0.15, 0.2) is 58.3 Å². The zero-order valence-corrected chi connectivity index (χ0v) is 12.3. The fourth-order valence-corrected chi connectivity index (χ4v) is 2.60. The molecule has 4 heteroatoms. The van der Waals surface area contributed by atoms with E-state index in [2.05, 4.69) is 5.32 Å². The maximum atomic E-state index is 14.0.